The summed E-state index contributed by atoms with van der Waals surface area (Å²) in [7, 11) is 1.60. The van der Waals surface area contributed by atoms with Crippen molar-refractivity contribution in [3.05, 3.63) is 23.8 Å². The fourth-order valence-corrected chi connectivity index (χ4v) is 1.51. The minimum Gasteiger partial charge on any atom is -0.497 e. The largest absolute Gasteiger partial charge is 0.497 e. The molecule has 0 saturated heterocycles. The van der Waals surface area contributed by atoms with Crippen LogP contribution in [0.15, 0.2) is 18.2 Å². The van der Waals surface area contributed by atoms with Crippen molar-refractivity contribution in [3.8, 4) is 11.8 Å². The molecule has 1 atom stereocenters. The van der Waals surface area contributed by atoms with E-state index in [0.717, 1.165) is 30.8 Å². The van der Waals surface area contributed by atoms with Gasteiger partial charge in [0.1, 0.15) is 11.8 Å². The van der Waals surface area contributed by atoms with E-state index in [1.165, 1.54) is 0 Å². The molecule has 1 aromatic rings. The van der Waals surface area contributed by atoms with Crippen LogP contribution in [0.2, 0.25) is 0 Å². The molecule has 0 aliphatic rings. The lowest BCUT2D eigenvalue weighted by Crippen LogP contribution is -2.07. The first-order valence-electron chi connectivity index (χ1n) is 5.67. The van der Waals surface area contributed by atoms with Crippen LogP contribution in [-0.4, -0.2) is 24.9 Å². The first-order valence-corrected chi connectivity index (χ1v) is 5.67. The molecule has 4 nitrogen and oxygen atoms in total. The highest BCUT2D eigenvalue weighted by atomic mass is 16.5. The molecular weight excluding hydrogens is 216 g/mol. The molecule has 0 fully saturated rings. The van der Waals surface area contributed by atoms with Gasteiger partial charge < -0.3 is 15.2 Å². The monoisotopic (exact) mass is 234 g/mol. The number of hydrogen-bond donors (Lipinski definition) is 2. The summed E-state index contributed by atoms with van der Waals surface area (Å²) in [6.07, 6.45) is 1.33. The summed E-state index contributed by atoms with van der Waals surface area (Å²) in [5.74, 6) is 0.724. The maximum absolute atomic E-state index is 9.13. The molecule has 0 saturated carbocycles. The highest BCUT2D eigenvalue weighted by Crippen LogP contribution is 2.21. The molecule has 0 amide bonds. The second-order valence-electron chi connectivity index (χ2n) is 3.94. The number of nitriles is 1. The standard InChI is InChI=1S/C13H18N2O2/c1-10(16)4-3-7-15-13-8-12(17-2)6-5-11(13)9-14/h5-6,8,10,15-16H,3-4,7H2,1-2H3. The van der Waals surface area contributed by atoms with Crippen molar-refractivity contribution in [1.82, 2.24) is 0 Å². The van der Waals surface area contributed by atoms with Gasteiger partial charge in [-0.15, -0.1) is 0 Å². The Bertz CT molecular complexity index is 397. The van der Waals surface area contributed by atoms with Crippen LogP contribution in [0.3, 0.4) is 0 Å². The van der Waals surface area contributed by atoms with Gasteiger partial charge in [0, 0.05) is 12.6 Å². The predicted molar refractivity (Wildman–Crippen MR) is 67.1 cm³/mol. The molecule has 1 rings (SSSR count). The maximum Gasteiger partial charge on any atom is 0.121 e. The summed E-state index contributed by atoms with van der Waals surface area (Å²) in [4.78, 5) is 0. The van der Waals surface area contributed by atoms with Crippen molar-refractivity contribution in [2.24, 2.45) is 0 Å². The van der Waals surface area contributed by atoms with Crippen LogP contribution in [0.4, 0.5) is 5.69 Å². The Kier molecular flexibility index (Phi) is 5.31. The number of methoxy groups -OCH3 is 1. The van der Waals surface area contributed by atoms with E-state index in [4.69, 9.17) is 15.1 Å². The molecule has 0 bridgehead atoms. The molecule has 0 aliphatic heterocycles. The molecule has 0 aliphatic carbocycles. The molecule has 0 radical (unpaired) electrons. The fraction of sp³-hybridized carbons (Fsp3) is 0.462. The van der Waals surface area contributed by atoms with E-state index in [9.17, 15) is 0 Å². The molecule has 17 heavy (non-hydrogen) atoms. The van der Waals surface area contributed by atoms with Gasteiger partial charge in [-0.3, -0.25) is 0 Å². The van der Waals surface area contributed by atoms with Crippen molar-refractivity contribution in [1.29, 1.82) is 5.26 Å². The van der Waals surface area contributed by atoms with E-state index >= 15 is 0 Å². The second-order valence-corrected chi connectivity index (χ2v) is 3.94. The Labute approximate surface area is 102 Å². The zero-order valence-corrected chi connectivity index (χ0v) is 10.2. The maximum atomic E-state index is 9.13. The Morgan fingerprint density at radius 1 is 1.53 bits per heavy atom. The Hall–Kier alpha value is -1.73. The first kappa shape index (κ1) is 13.3. The van der Waals surface area contributed by atoms with Crippen LogP contribution < -0.4 is 10.1 Å². The predicted octanol–water partition coefficient (Wildman–Crippen LogP) is 2.14. The minimum absolute atomic E-state index is 0.280. The number of hydrogen-bond acceptors (Lipinski definition) is 4. The van der Waals surface area contributed by atoms with Crippen molar-refractivity contribution in [3.63, 3.8) is 0 Å². The van der Waals surface area contributed by atoms with Gasteiger partial charge in [0.05, 0.1) is 24.5 Å². The molecular formula is C13H18N2O2. The molecule has 1 aromatic carbocycles. The average molecular weight is 234 g/mol. The van der Waals surface area contributed by atoms with E-state index in [1.807, 2.05) is 0 Å². The number of aliphatic hydroxyl groups is 1. The lowest BCUT2D eigenvalue weighted by molar-refractivity contribution is 0.183. The quantitative estimate of drug-likeness (QED) is 0.740. The third kappa shape index (κ3) is 4.33. The SMILES string of the molecule is COc1ccc(C#N)c(NCCCC(C)O)c1. The Morgan fingerprint density at radius 3 is 2.88 bits per heavy atom. The van der Waals surface area contributed by atoms with Crippen LogP contribution in [0.5, 0.6) is 5.75 Å². The van der Waals surface area contributed by atoms with Gasteiger partial charge in [-0.25, -0.2) is 0 Å². The van der Waals surface area contributed by atoms with Crippen molar-refractivity contribution in [2.45, 2.75) is 25.9 Å². The van der Waals surface area contributed by atoms with Crippen LogP contribution >= 0.6 is 0 Å². The number of nitrogens with one attached hydrogen (secondary N) is 1. The molecule has 1 unspecified atom stereocenters. The number of anilines is 1. The third-order valence-electron chi connectivity index (χ3n) is 2.46. The first-order chi connectivity index (χ1) is 8.17. The van der Waals surface area contributed by atoms with E-state index in [-0.39, 0.29) is 6.10 Å². The number of ether oxygens (including phenoxy) is 1. The summed E-state index contributed by atoms with van der Waals surface area (Å²) in [6, 6.07) is 7.43. The lowest BCUT2D eigenvalue weighted by atomic mass is 10.1. The molecule has 2 N–H and O–H groups in total. The Morgan fingerprint density at radius 2 is 2.29 bits per heavy atom. The van der Waals surface area contributed by atoms with Gasteiger partial charge in [-0.05, 0) is 31.9 Å². The van der Waals surface area contributed by atoms with Gasteiger partial charge in [-0.2, -0.15) is 5.26 Å². The second kappa shape index (κ2) is 6.77. The van der Waals surface area contributed by atoms with Crippen LogP contribution in [0.1, 0.15) is 25.3 Å². The van der Waals surface area contributed by atoms with Gasteiger partial charge in [0.2, 0.25) is 0 Å². The topological polar surface area (TPSA) is 65.3 Å². The smallest absolute Gasteiger partial charge is 0.121 e. The highest BCUT2D eigenvalue weighted by Gasteiger charge is 2.03. The van der Waals surface area contributed by atoms with Crippen LogP contribution in [0.25, 0.3) is 0 Å². The summed E-state index contributed by atoms with van der Waals surface area (Å²) in [6.45, 7) is 2.50. The van der Waals surface area contributed by atoms with Crippen molar-refractivity contribution >= 4 is 5.69 Å². The van der Waals surface area contributed by atoms with Gasteiger partial charge in [0.25, 0.3) is 0 Å². The molecule has 0 spiro atoms. The van der Waals surface area contributed by atoms with Crippen molar-refractivity contribution < 1.29 is 9.84 Å². The zero-order chi connectivity index (χ0) is 12.7. The summed E-state index contributed by atoms with van der Waals surface area (Å²) in [5.41, 5.74) is 1.38. The van der Waals surface area contributed by atoms with E-state index in [0.29, 0.717) is 5.56 Å². The molecule has 4 heteroatoms. The lowest BCUT2D eigenvalue weighted by Gasteiger charge is -2.10. The number of benzene rings is 1. The normalized spacial score (nSPS) is 11.6. The summed E-state index contributed by atoms with van der Waals surface area (Å²) in [5, 5.41) is 21.3. The minimum atomic E-state index is -0.280. The van der Waals surface area contributed by atoms with Gasteiger partial charge in [0.15, 0.2) is 0 Å². The average Bonchev–Trinajstić information content (AvgIpc) is 2.34. The molecule has 92 valence electrons. The van der Waals surface area contributed by atoms with E-state index in [2.05, 4.69) is 11.4 Å². The molecule has 0 heterocycles. The van der Waals surface area contributed by atoms with Crippen molar-refractivity contribution in [2.75, 3.05) is 19.0 Å². The number of aliphatic hydroxyl groups excluding tert-OH is 1. The van der Waals surface area contributed by atoms with E-state index < -0.39 is 0 Å². The van der Waals surface area contributed by atoms with Crippen LogP contribution in [0, 0.1) is 11.3 Å². The summed E-state index contributed by atoms with van der Waals surface area (Å²) >= 11 is 0. The fourth-order valence-electron chi connectivity index (χ4n) is 1.51. The number of nitrogens with zero attached hydrogens (tertiary/aromatic N) is 1. The highest BCUT2D eigenvalue weighted by molar-refractivity contribution is 5.60. The molecule has 0 aromatic heterocycles. The zero-order valence-electron chi connectivity index (χ0n) is 10.2. The summed E-state index contributed by atoms with van der Waals surface area (Å²) < 4.78 is 5.11. The third-order valence-corrected chi connectivity index (χ3v) is 2.46. The number of rotatable bonds is 6. The van der Waals surface area contributed by atoms with E-state index in [1.54, 1.807) is 32.2 Å². The van der Waals surface area contributed by atoms with Gasteiger partial charge >= 0.3 is 0 Å². The Balaban J connectivity index is 2.59. The van der Waals surface area contributed by atoms with Crippen LogP contribution in [-0.2, 0) is 0 Å². The van der Waals surface area contributed by atoms with Gasteiger partial charge in [-0.1, -0.05) is 0 Å².